The van der Waals surface area contributed by atoms with Crippen molar-refractivity contribution in [3.05, 3.63) is 35.4 Å². The minimum atomic E-state index is -0.936. The van der Waals surface area contributed by atoms with Crippen molar-refractivity contribution < 1.29 is 13.9 Å². The molecule has 106 valence electrons. The standard InChI is InChI=1S/C14H19F2NOS/c1-19-11-4-3-10(7-11)17-8-14(18)12-5-2-9(15)6-13(12)16/h2,5-6,10-11,14,17-18H,3-4,7-8H2,1H3. The highest BCUT2D eigenvalue weighted by Gasteiger charge is 2.24. The van der Waals surface area contributed by atoms with Crippen LogP contribution in [0, 0.1) is 11.6 Å². The van der Waals surface area contributed by atoms with Crippen molar-refractivity contribution in [2.45, 2.75) is 36.7 Å². The molecule has 0 bridgehead atoms. The van der Waals surface area contributed by atoms with Crippen LogP contribution in [0.1, 0.15) is 30.9 Å². The predicted molar refractivity (Wildman–Crippen MR) is 74.3 cm³/mol. The molecule has 0 radical (unpaired) electrons. The van der Waals surface area contributed by atoms with Gasteiger partial charge in [0, 0.05) is 29.5 Å². The Bertz CT molecular complexity index is 430. The molecule has 3 atom stereocenters. The van der Waals surface area contributed by atoms with Gasteiger partial charge in [0.1, 0.15) is 11.6 Å². The van der Waals surface area contributed by atoms with E-state index >= 15 is 0 Å². The first-order chi connectivity index (χ1) is 9.10. The Labute approximate surface area is 116 Å². The second-order valence-corrected chi connectivity index (χ2v) is 6.10. The van der Waals surface area contributed by atoms with Gasteiger partial charge in [0.25, 0.3) is 0 Å². The zero-order valence-electron chi connectivity index (χ0n) is 10.9. The molecule has 5 heteroatoms. The van der Waals surface area contributed by atoms with Gasteiger partial charge < -0.3 is 10.4 Å². The number of benzene rings is 1. The summed E-state index contributed by atoms with van der Waals surface area (Å²) in [7, 11) is 0. The molecule has 0 amide bonds. The van der Waals surface area contributed by atoms with Crippen LogP contribution in [-0.2, 0) is 0 Å². The van der Waals surface area contributed by atoms with E-state index in [1.54, 1.807) is 0 Å². The predicted octanol–water partition coefficient (Wildman–Crippen LogP) is 2.87. The van der Waals surface area contributed by atoms with Crippen LogP contribution in [0.3, 0.4) is 0 Å². The van der Waals surface area contributed by atoms with Gasteiger partial charge in [0.15, 0.2) is 0 Å². The maximum atomic E-state index is 13.5. The Morgan fingerprint density at radius 2 is 2.21 bits per heavy atom. The third kappa shape index (κ3) is 3.91. The fraction of sp³-hybridized carbons (Fsp3) is 0.571. The highest BCUT2D eigenvalue weighted by atomic mass is 32.2. The Hall–Kier alpha value is -0.650. The number of hydrogen-bond acceptors (Lipinski definition) is 3. The fourth-order valence-electron chi connectivity index (χ4n) is 2.50. The number of thioether (sulfide) groups is 1. The van der Waals surface area contributed by atoms with Gasteiger partial charge in [0.2, 0.25) is 0 Å². The average molecular weight is 287 g/mol. The molecular weight excluding hydrogens is 268 g/mol. The van der Waals surface area contributed by atoms with E-state index in [2.05, 4.69) is 11.6 Å². The molecule has 0 spiro atoms. The molecule has 1 aliphatic rings. The molecule has 19 heavy (non-hydrogen) atoms. The minimum absolute atomic E-state index is 0.147. The number of rotatable bonds is 5. The number of halogens is 2. The van der Waals surface area contributed by atoms with Crippen LogP contribution in [0.25, 0.3) is 0 Å². The topological polar surface area (TPSA) is 32.3 Å². The highest BCUT2D eigenvalue weighted by molar-refractivity contribution is 7.99. The second-order valence-electron chi connectivity index (χ2n) is 4.96. The van der Waals surface area contributed by atoms with Crippen molar-refractivity contribution in [3.8, 4) is 0 Å². The lowest BCUT2D eigenvalue weighted by molar-refractivity contribution is 0.165. The number of aliphatic hydroxyl groups excluding tert-OH is 1. The van der Waals surface area contributed by atoms with E-state index < -0.39 is 17.7 Å². The van der Waals surface area contributed by atoms with Crippen LogP contribution >= 0.6 is 11.8 Å². The molecule has 1 fully saturated rings. The summed E-state index contributed by atoms with van der Waals surface area (Å²) >= 11 is 1.87. The first-order valence-electron chi connectivity index (χ1n) is 6.49. The minimum Gasteiger partial charge on any atom is -0.387 e. The fourth-order valence-corrected chi connectivity index (χ4v) is 3.30. The Morgan fingerprint density at radius 1 is 1.42 bits per heavy atom. The van der Waals surface area contributed by atoms with Gasteiger partial charge in [-0.15, -0.1) is 0 Å². The molecule has 1 aliphatic carbocycles. The summed E-state index contributed by atoms with van der Waals surface area (Å²) in [5.74, 6) is -1.32. The van der Waals surface area contributed by atoms with E-state index in [4.69, 9.17) is 0 Å². The van der Waals surface area contributed by atoms with Gasteiger partial charge in [-0.05, 0) is 31.6 Å². The smallest absolute Gasteiger partial charge is 0.131 e. The zero-order valence-corrected chi connectivity index (χ0v) is 11.7. The molecule has 3 unspecified atom stereocenters. The SMILES string of the molecule is CSC1CCC(NCC(O)c2ccc(F)cc2F)C1. The normalized spacial score (nSPS) is 24.6. The summed E-state index contributed by atoms with van der Waals surface area (Å²) in [6.07, 6.45) is 4.52. The van der Waals surface area contributed by atoms with Crippen LogP contribution in [0.5, 0.6) is 0 Å². The molecule has 0 saturated heterocycles. The number of nitrogens with one attached hydrogen (secondary N) is 1. The molecule has 2 N–H and O–H groups in total. The number of aliphatic hydroxyl groups is 1. The van der Waals surface area contributed by atoms with Crippen molar-refractivity contribution in [2.24, 2.45) is 0 Å². The maximum absolute atomic E-state index is 13.5. The van der Waals surface area contributed by atoms with Crippen LogP contribution in [0.15, 0.2) is 18.2 Å². The zero-order chi connectivity index (χ0) is 13.8. The second kappa shape index (κ2) is 6.68. The molecule has 2 rings (SSSR count). The van der Waals surface area contributed by atoms with Crippen LogP contribution < -0.4 is 5.32 Å². The summed E-state index contributed by atoms with van der Waals surface area (Å²) in [5.41, 5.74) is 0.147. The molecule has 2 nitrogen and oxygen atoms in total. The van der Waals surface area contributed by atoms with Gasteiger partial charge >= 0.3 is 0 Å². The molecule has 0 aromatic heterocycles. The largest absolute Gasteiger partial charge is 0.387 e. The van der Waals surface area contributed by atoms with Gasteiger partial charge in [0.05, 0.1) is 6.10 Å². The summed E-state index contributed by atoms with van der Waals surface area (Å²) in [5, 5.41) is 13.9. The molecule has 1 aromatic rings. The van der Waals surface area contributed by atoms with Gasteiger partial charge in [-0.1, -0.05) is 6.07 Å². The Kier molecular flexibility index (Phi) is 5.19. The summed E-state index contributed by atoms with van der Waals surface area (Å²) < 4.78 is 26.3. The van der Waals surface area contributed by atoms with Crippen molar-refractivity contribution in [2.75, 3.05) is 12.8 Å². The lowest BCUT2D eigenvalue weighted by Gasteiger charge is -2.17. The van der Waals surface area contributed by atoms with Crippen LogP contribution in [0.4, 0.5) is 8.78 Å². The van der Waals surface area contributed by atoms with Gasteiger partial charge in [-0.3, -0.25) is 0 Å². The lowest BCUT2D eigenvalue weighted by atomic mass is 10.1. The molecule has 1 aromatic carbocycles. The lowest BCUT2D eigenvalue weighted by Crippen LogP contribution is -2.31. The first-order valence-corrected chi connectivity index (χ1v) is 7.78. The third-order valence-electron chi connectivity index (χ3n) is 3.64. The third-order valence-corrected chi connectivity index (χ3v) is 4.73. The van der Waals surface area contributed by atoms with E-state index in [0.717, 1.165) is 18.9 Å². The quantitative estimate of drug-likeness (QED) is 0.873. The van der Waals surface area contributed by atoms with Crippen LogP contribution in [0.2, 0.25) is 0 Å². The van der Waals surface area contributed by atoms with Gasteiger partial charge in [-0.2, -0.15) is 11.8 Å². The molecule has 0 heterocycles. The monoisotopic (exact) mass is 287 g/mol. The molecule has 0 aliphatic heterocycles. The average Bonchev–Trinajstić information content (AvgIpc) is 2.84. The van der Waals surface area contributed by atoms with Crippen LogP contribution in [-0.4, -0.2) is 29.2 Å². The Morgan fingerprint density at radius 3 is 2.84 bits per heavy atom. The van der Waals surface area contributed by atoms with E-state index in [1.165, 1.54) is 18.6 Å². The number of hydrogen-bond donors (Lipinski definition) is 2. The van der Waals surface area contributed by atoms with E-state index in [0.29, 0.717) is 17.8 Å². The first kappa shape index (κ1) is 14.8. The van der Waals surface area contributed by atoms with E-state index in [9.17, 15) is 13.9 Å². The van der Waals surface area contributed by atoms with Gasteiger partial charge in [-0.25, -0.2) is 8.78 Å². The van der Waals surface area contributed by atoms with E-state index in [-0.39, 0.29) is 5.56 Å². The highest BCUT2D eigenvalue weighted by Crippen LogP contribution is 2.28. The summed E-state index contributed by atoms with van der Waals surface area (Å²) in [4.78, 5) is 0. The van der Waals surface area contributed by atoms with Crippen molar-refractivity contribution in [3.63, 3.8) is 0 Å². The summed E-state index contributed by atoms with van der Waals surface area (Å²) in [6, 6.07) is 3.66. The van der Waals surface area contributed by atoms with E-state index in [1.807, 2.05) is 11.8 Å². The van der Waals surface area contributed by atoms with Crippen molar-refractivity contribution in [1.29, 1.82) is 0 Å². The maximum Gasteiger partial charge on any atom is 0.131 e. The molecular formula is C14H19F2NOS. The summed E-state index contributed by atoms with van der Waals surface area (Å²) in [6.45, 7) is 0.300. The molecule has 1 saturated carbocycles. The van der Waals surface area contributed by atoms with Crippen molar-refractivity contribution >= 4 is 11.8 Å². The van der Waals surface area contributed by atoms with Crippen molar-refractivity contribution in [1.82, 2.24) is 5.32 Å². The Balaban J connectivity index is 1.86.